The average molecular weight is 364 g/mol. The van der Waals surface area contributed by atoms with Crippen molar-refractivity contribution in [2.24, 2.45) is 0 Å². The van der Waals surface area contributed by atoms with Crippen molar-refractivity contribution in [2.75, 3.05) is 0 Å². The van der Waals surface area contributed by atoms with Crippen molar-refractivity contribution in [3.8, 4) is 5.75 Å². The molecule has 0 radical (unpaired) electrons. The van der Waals surface area contributed by atoms with Crippen molar-refractivity contribution in [2.45, 2.75) is 25.9 Å². The second kappa shape index (κ2) is 5.62. The van der Waals surface area contributed by atoms with E-state index in [1.54, 1.807) is 0 Å². The van der Waals surface area contributed by atoms with Crippen LogP contribution in [-0.2, 0) is 0 Å². The average Bonchev–Trinajstić information content (AvgIpc) is 3.25. The molecule has 0 spiro atoms. The Bertz CT molecular complexity index is 1320. The molecule has 3 aromatic carbocycles. The highest BCUT2D eigenvalue weighted by Crippen LogP contribution is 2.46. The fourth-order valence-corrected chi connectivity index (χ4v) is 4.58. The largest absolute Gasteiger partial charge is 0.484 e. The number of allylic oxidation sites excluding steroid dienone is 2. The molecule has 0 saturated carbocycles. The van der Waals surface area contributed by atoms with E-state index in [2.05, 4.69) is 86.7 Å². The van der Waals surface area contributed by atoms with Gasteiger partial charge < -0.3 is 9.15 Å². The highest BCUT2D eigenvalue weighted by molar-refractivity contribution is 6.06. The molecular weight excluding hydrogens is 344 g/mol. The molecule has 0 amide bonds. The van der Waals surface area contributed by atoms with E-state index in [-0.39, 0.29) is 12.0 Å². The number of hydrogen-bond donors (Lipinski definition) is 0. The quantitative estimate of drug-likeness (QED) is 0.375. The van der Waals surface area contributed by atoms with Gasteiger partial charge in [0, 0.05) is 27.8 Å². The Labute approximate surface area is 163 Å². The van der Waals surface area contributed by atoms with Gasteiger partial charge in [0.05, 0.1) is 0 Å². The van der Waals surface area contributed by atoms with E-state index in [4.69, 9.17) is 9.15 Å². The summed E-state index contributed by atoms with van der Waals surface area (Å²) in [6.45, 7) is 4.25. The Kier molecular flexibility index (Phi) is 3.16. The summed E-state index contributed by atoms with van der Waals surface area (Å²) < 4.78 is 12.4. The van der Waals surface area contributed by atoms with Crippen LogP contribution in [0.4, 0.5) is 0 Å². The van der Waals surface area contributed by atoms with Gasteiger partial charge in [-0.05, 0) is 49.7 Å². The maximum absolute atomic E-state index is 6.39. The van der Waals surface area contributed by atoms with Crippen LogP contribution in [0.25, 0.3) is 27.5 Å². The predicted octanol–water partition coefficient (Wildman–Crippen LogP) is 6.70. The highest BCUT2D eigenvalue weighted by Gasteiger charge is 2.37. The first-order valence-corrected chi connectivity index (χ1v) is 9.76. The van der Waals surface area contributed by atoms with E-state index >= 15 is 0 Å². The predicted molar refractivity (Wildman–Crippen MR) is 114 cm³/mol. The van der Waals surface area contributed by atoms with Crippen LogP contribution in [0.2, 0.25) is 0 Å². The molecule has 1 aromatic heterocycles. The Morgan fingerprint density at radius 1 is 0.786 bits per heavy atom. The summed E-state index contributed by atoms with van der Waals surface area (Å²) in [5.41, 5.74) is 8.09. The van der Waals surface area contributed by atoms with Crippen LogP contribution in [0.1, 0.15) is 28.2 Å². The van der Waals surface area contributed by atoms with Crippen LogP contribution in [0.15, 0.2) is 77.2 Å². The molecule has 0 N–H and O–H groups in total. The van der Waals surface area contributed by atoms with Gasteiger partial charge in [-0.3, -0.25) is 0 Å². The minimum absolute atomic E-state index is 0.0270. The van der Waals surface area contributed by atoms with Crippen LogP contribution in [0, 0.1) is 13.8 Å². The zero-order valence-corrected chi connectivity index (χ0v) is 15.9. The van der Waals surface area contributed by atoms with Crippen molar-refractivity contribution < 1.29 is 9.15 Å². The fourth-order valence-electron chi connectivity index (χ4n) is 4.58. The summed E-state index contributed by atoms with van der Waals surface area (Å²) in [6, 6.07) is 19.3. The van der Waals surface area contributed by atoms with Gasteiger partial charge in [0.2, 0.25) is 0 Å². The summed E-state index contributed by atoms with van der Waals surface area (Å²) in [5, 5.41) is 2.33. The third-order valence-electron chi connectivity index (χ3n) is 5.96. The van der Waals surface area contributed by atoms with Crippen LogP contribution in [0.5, 0.6) is 5.75 Å². The number of benzene rings is 3. The second-order valence-electron chi connectivity index (χ2n) is 7.93. The van der Waals surface area contributed by atoms with Crippen LogP contribution in [-0.4, -0.2) is 6.10 Å². The lowest BCUT2D eigenvalue weighted by Crippen LogP contribution is -2.21. The van der Waals surface area contributed by atoms with Crippen molar-refractivity contribution >= 4 is 27.5 Å². The summed E-state index contributed by atoms with van der Waals surface area (Å²) >= 11 is 0. The van der Waals surface area contributed by atoms with E-state index in [0.29, 0.717) is 0 Å². The normalized spacial score (nSPS) is 20.1. The molecule has 6 rings (SSSR count). The monoisotopic (exact) mass is 364 g/mol. The standard InChI is InChI=1S/C26H20O2/c1-15-7-10-25-20(12-15)19-5-3-4-18(26(19)28-25)17-8-11-24-22(14-17)21-13-16(2)6-9-23(21)27-24/h3-14,19,26H,1-2H3. The lowest BCUT2D eigenvalue weighted by molar-refractivity contribution is 0.278. The Morgan fingerprint density at radius 2 is 1.54 bits per heavy atom. The Hall–Kier alpha value is -3.26. The molecule has 2 unspecified atom stereocenters. The van der Waals surface area contributed by atoms with Gasteiger partial charge in [-0.25, -0.2) is 0 Å². The van der Waals surface area contributed by atoms with Gasteiger partial charge in [0.1, 0.15) is 23.0 Å². The van der Waals surface area contributed by atoms with Crippen LogP contribution in [0.3, 0.4) is 0 Å². The maximum Gasteiger partial charge on any atom is 0.135 e. The molecule has 136 valence electrons. The van der Waals surface area contributed by atoms with Crippen LogP contribution >= 0.6 is 0 Å². The molecule has 1 aliphatic heterocycles. The molecular formula is C26H20O2. The Balaban J connectivity index is 1.48. The van der Waals surface area contributed by atoms with Crippen molar-refractivity contribution in [1.82, 2.24) is 0 Å². The summed E-state index contributed by atoms with van der Waals surface area (Å²) in [4.78, 5) is 0. The molecule has 2 nitrogen and oxygen atoms in total. The van der Waals surface area contributed by atoms with E-state index in [9.17, 15) is 0 Å². The fraction of sp³-hybridized carbons (Fsp3) is 0.154. The molecule has 0 saturated heterocycles. The zero-order valence-electron chi connectivity index (χ0n) is 15.9. The minimum Gasteiger partial charge on any atom is -0.484 e. The van der Waals surface area contributed by atoms with Gasteiger partial charge >= 0.3 is 0 Å². The van der Waals surface area contributed by atoms with Gasteiger partial charge in [-0.1, -0.05) is 53.6 Å². The molecule has 1 aliphatic carbocycles. The number of hydrogen-bond acceptors (Lipinski definition) is 2. The summed E-state index contributed by atoms with van der Waals surface area (Å²) in [6.07, 6.45) is 6.64. The number of fused-ring (bicyclic) bond motifs is 6. The van der Waals surface area contributed by atoms with E-state index in [0.717, 1.165) is 22.3 Å². The first-order chi connectivity index (χ1) is 13.7. The number of ether oxygens (including phenoxy) is 1. The Morgan fingerprint density at radius 3 is 2.43 bits per heavy atom. The first-order valence-electron chi connectivity index (χ1n) is 9.76. The number of furan rings is 1. The zero-order chi connectivity index (χ0) is 18.8. The van der Waals surface area contributed by atoms with Crippen molar-refractivity contribution in [3.05, 3.63) is 95.1 Å². The molecule has 4 aromatic rings. The van der Waals surface area contributed by atoms with Crippen molar-refractivity contribution in [1.29, 1.82) is 0 Å². The minimum atomic E-state index is 0.0270. The topological polar surface area (TPSA) is 22.4 Å². The van der Waals surface area contributed by atoms with Crippen molar-refractivity contribution in [3.63, 3.8) is 0 Å². The SMILES string of the molecule is Cc1ccc2c(c1)C1C=CC=C(c3ccc4oc5ccc(C)cc5c4c3)C1O2. The van der Waals surface area contributed by atoms with Gasteiger partial charge in [0.25, 0.3) is 0 Å². The molecule has 0 bridgehead atoms. The lowest BCUT2D eigenvalue weighted by atomic mass is 9.84. The number of rotatable bonds is 1. The second-order valence-corrected chi connectivity index (χ2v) is 7.93. The number of aryl methyl sites for hydroxylation is 2. The van der Waals surface area contributed by atoms with Crippen LogP contribution < -0.4 is 4.74 Å². The molecule has 28 heavy (non-hydrogen) atoms. The van der Waals surface area contributed by atoms with E-state index in [1.807, 2.05) is 0 Å². The third kappa shape index (κ3) is 2.21. The smallest absolute Gasteiger partial charge is 0.135 e. The highest BCUT2D eigenvalue weighted by atomic mass is 16.5. The molecule has 2 atom stereocenters. The van der Waals surface area contributed by atoms with Gasteiger partial charge in [-0.2, -0.15) is 0 Å². The lowest BCUT2D eigenvalue weighted by Gasteiger charge is -2.23. The molecule has 0 fully saturated rings. The molecule has 2 heterocycles. The molecule has 2 heteroatoms. The third-order valence-corrected chi connectivity index (χ3v) is 5.96. The van der Waals surface area contributed by atoms with E-state index in [1.165, 1.54) is 33.2 Å². The summed E-state index contributed by atoms with van der Waals surface area (Å²) in [7, 11) is 0. The maximum atomic E-state index is 6.39. The summed E-state index contributed by atoms with van der Waals surface area (Å²) in [5.74, 6) is 1.28. The first kappa shape index (κ1) is 15.8. The van der Waals surface area contributed by atoms with E-state index < -0.39 is 0 Å². The van der Waals surface area contributed by atoms with Gasteiger partial charge in [-0.15, -0.1) is 0 Å². The van der Waals surface area contributed by atoms with Gasteiger partial charge in [0.15, 0.2) is 0 Å². The molecule has 2 aliphatic rings.